The second-order valence-electron chi connectivity index (χ2n) is 9.39. The van der Waals surface area contributed by atoms with Crippen LogP contribution in [0.2, 0.25) is 5.02 Å². The van der Waals surface area contributed by atoms with Crippen LogP contribution in [0.5, 0.6) is 0 Å². The molecular formula is C29H26ClF2N3O7S. The zero-order valence-electron chi connectivity index (χ0n) is 23.3. The van der Waals surface area contributed by atoms with E-state index in [0.29, 0.717) is 20.5 Å². The highest BCUT2D eigenvalue weighted by molar-refractivity contribution is 7.92. The van der Waals surface area contributed by atoms with Crippen molar-refractivity contribution in [3.63, 3.8) is 0 Å². The van der Waals surface area contributed by atoms with Crippen LogP contribution < -0.4 is 4.31 Å². The number of aromatic nitrogens is 2. The Morgan fingerprint density at radius 3 is 2.30 bits per heavy atom. The number of nitrogens with zero attached hydrogens (tertiary/aromatic N) is 3. The first kappa shape index (κ1) is 31.6. The van der Waals surface area contributed by atoms with Crippen LogP contribution in [0.25, 0.3) is 22.2 Å². The minimum atomic E-state index is -4.24. The van der Waals surface area contributed by atoms with Crippen LogP contribution in [0, 0.1) is 11.6 Å². The molecule has 0 aliphatic carbocycles. The lowest BCUT2D eigenvalue weighted by Crippen LogP contribution is -2.36. The van der Waals surface area contributed by atoms with Gasteiger partial charge in [-0.15, -0.1) is 0 Å². The molecule has 0 aliphatic rings. The number of carbonyl (C=O) groups is 3. The summed E-state index contributed by atoms with van der Waals surface area (Å²) >= 11 is 6.00. The van der Waals surface area contributed by atoms with Crippen molar-refractivity contribution in [2.24, 2.45) is 0 Å². The van der Waals surface area contributed by atoms with E-state index in [0.717, 1.165) is 19.1 Å². The Balaban J connectivity index is 1.89. The first-order valence-electron chi connectivity index (χ1n) is 12.9. The second-order valence-corrected chi connectivity index (χ2v) is 11.8. The molecule has 0 bridgehead atoms. The van der Waals surface area contributed by atoms with Crippen molar-refractivity contribution in [2.45, 2.75) is 33.9 Å². The lowest BCUT2D eigenvalue weighted by atomic mass is 9.99. The summed E-state index contributed by atoms with van der Waals surface area (Å²) in [6.07, 6.45) is 2.90. The number of rotatable bonds is 11. The molecule has 0 aliphatic heterocycles. The van der Waals surface area contributed by atoms with Gasteiger partial charge in [0.15, 0.2) is 19.3 Å². The van der Waals surface area contributed by atoms with Crippen molar-refractivity contribution in [3.05, 3.63) is 82.6 Å². The lowest BCUT2D eigenvalue weighted by Gasteiger charge is -2.24. The van der Waals surface area contributed by atoms with Crippen LogP contribution in [0.3, 0.4) is 0 Å². The Morgan fingerprint density at radius 2 is 1.67 bits per heavy atom. The molecular weight excluding hydrogens is 608 g/mol. The maximum atomic E-state index is 16.0. The van der Waals surface area contributed by atoms with Crippen LogP contribution in [-0.2, 0) is 35.8 Å². The van der Waals surface area contributed by atoms with Crippen molar-refractivity contribution >= 4 is 56.1 Å². The Morgan fingerprint density at radius 1 is 1.00 bits per heavy atom. The highest BCUT2D eigenvalue weighted by Crippen LogP contribution is 2.33. The molecule has 2 aromatic heterocycles. The summed E-state index contributed by atoms with van der Waals surface area (Å²) in [6, 6.07) is 9.94. The lowest BCUT2D eigenvalue weighted by molar-refractivity contribution is -0.144. The molecule has 14 heteroatoms. The summed E-state index contributed by atoms with van der Waals surface area (Å²) in [7, 11) is -4.24. The van der Waals surface area contributed by atoms with Gasteiger partial charge in [-0.2, -0.15) is 0 Å². The molecule has 0 fully saturated rings. The van der Waals surface area contributed by atoms with Crippen molar-refractivity contribution in [1.29, 1.82) is 0 Å². The van der Waals surface area contributed by atoms with Crippen LogP contribution in [0.1, 0.15) is 43.1 Å². The van der Waals surface area contributed by atoms with Crippen LogP contribution in [0.15, 0.2) is 54.9 Å². The summed E-state index contributed by atoms with van der Waals surface area (Å²) in [5.41, 5.74) is -0.490. The monoisotopic (exact) mass is 633 g/mol. The largest absolute Gasteiger partial charge is 0.444 e. The Bertz CT molecular complexity index is 1830. The quantitative estimate of drug-likeness (QED) is 0.121. The summed E-state index contributed by atoms with van der Waals surface area (Å²) in [5, 5.41) is 0.680. The first-order chi connectivity index (χ1) is 20.3. The Hall–Kier alpha value is -4.36. The molecule has 0 radical (unpaired) electrons. The predicted octanol–water partition coefficient (Wildman–Crippen LogP) is 5.45. The molecule has 0 N–H and O–H groups in total. The average Bonchev–Trinajstić information content (AvgIpc) is 3.31. The van der Waals surface area contributed by atoms with Gasteiger partial charge >= 0.3 is 11.9 Å². The van der Waals surface area contributed by atoms with Gasteiger partial charge in [0.05, 0.1) is 22.6 Å². The standard InChI is InChI=1S/C29H26ClF2N3O7S/c1-4-11-43(39,40)35(16-42-18(3)37)25-10-9-24(31)26(27(25)32)28(38)23-14-34(15-41-17(2)36)29-22(23)12-20(13-33-29)19-5-7-21(30)8-6-19/h5-10,12-14H,4,11,15-16H2,1-3H3. The summed E-state index contributed by atoms with van der Waals surface area (Å²) < 4.78 is 68.9. The third kappa shape index (κ3) is 6.83. The third-order valence-corrected chi connectivity index (χ3v) is 8.44. The number of esters is 2. The van der Waals surface area contributed by atoms with Gasteiger partial charge in [0.2, 0.25) is 15.8 Å². The number of pyridine rings is 1. The van der Waals surface area contributed by atoms with Gasteiger partial charge in [0, 0.05) is 42.2 Å². The number of halogens is 3. The highest BCUT2D eigenvalue weighted by Gasteiger charge is 2.31. The number of benzene rings is 2. The number of sulfonamides is 1. The SMILES string of the molecule is CCCS(=O)(=O)N(COC(C)=O)c1ccc(F)c(C(=O)c2cn(COC(C)=O)c3ncc(-c4ccc(Cl)cc4)cc23)c1F. The molecule has 10 nitrogen and oxygen atoms in total. The van der Waals surface area contributed by atoms with Gasteiger partial charge < -0.3 is 9.47 Å². The van der Waals surface area contributed by atoms with E-state index in [2.05, 4.69) is 4.98 Å². The number of anilines is 1. The molecule has 0 amide bonds. The molecule has 2 heterocycles. The van der Waals surface area contributed by atoms with E-state index < -0.39 is 63.1 Å². The fourth-order valence-electron chi connectivity index (χ4n) is 4.31. The van der Waals surface area contributed by atoms with E-state index >= 15 is 8.78 Å². The maximum Gasteiger partial charge on any atom is 0.304 e. The molecule has 2 aromatic carbocycles. The van der Waals surface area contributed by atoms with Crippen molar-refractivity contribution < 1.29 is 41.1 Å². The maximum absolute atomic E-state index is 16.0. The molecule has 43 heavy (non-hydrogen) atoms. The zero-order valence-corrected chi connectivity index (χ0v) is 24.8. The molecule has 4 rings (SSSR count). The number of hydrogen-bond donors (Lipinski definition) is 0. The van der Waals surface area contributed by atoms with Crippen molar-refractivity contribution in [3.8, 4) is 11.1 Å². The molecule has 0 unspecified atom stereocenters. The van der Waals surface area contributed by atoms with E-state index in [4.69, 9.17) is 21.1 Å². The Kier molecular flexibility index (Phi) is 9.46. The van der Waals surface area contributed by atoms with E-state index in [1.54, 1.807) is 37.3 Å². The molecule has 0 spiro atoms. The highest BCUT2D eigenvalue weighted by atomic mass is 35.5. The van der Waals surface area contributed by atoms with Crippen molar-refractivity contribution in [2.75, 3.05) is 16.8 Å². The molecule has 4 aromatic rings. The fraction of sp³-hybridized carbons (Fsp3) is 0.241. The van der Waals surface area contributed by atoms with Gasteiger partial charge in [0.1, 0.15) is 11.5 Å². The average molecular weight is 634 g/mol. The summed E-state index contributed by atoms with van der Waals surface area (Å²) in [4.78, 5) is 41.2. The summed E-state index contributed by atoms with van der Waals surface area (Å²) in [5.74, 6) is -5.73. The van der Waals surface area contributed by atoms with Gasteiger partial charge in [-0.25, -0.2) is 26.5 Å². The second kappa shape index (κ2) is 12.9. The molecule has 0 saturated carbocycles. The van der Waals surface area contributed by atoms with Gasteiger partial charge in [-0.3, -0.25) is 19.0 Å². The van der Waals surface area contributed by atoms with Gasteiger partial charge in [0.25, 0.3) is 0 Å². The minimum absolute atomic E-state index is 0.151. The Labute approximate surface area is 250 Å². The fourth-order valence-corrected chi connectivity index (χ4v) is 5.82. The van der Waals surface area contributed by atoms with E-state index in [1.165, 1.54) is 23.9 Å². The van der Waals surface area contributed by atoms with Crippen LogP contribution in [-0.4, -0.2) is 48.2 Å². The topological polar surface area (TPSA) is 125 Å². The number of hydrogen-bond acceptors (Lipinski definition) is 8. The number of ether oxygens (including phenoxy) is 2. The normalized spacial score (nSPS) is 11.4. The first-order valence-corrected chi connectivity index (χ1v) is 14.9. The minimum Gasteiger partial charge on any atom is -0.444 e. The van der Waals surface area contributed by atoms with Gasteiger partial charge in [-0.1, -0.05) is 30.7 Å². The number of carbonyl (C=O) groups excluding carboxylic acids is 3. The summed E-state index contributed by atoms with van der Waals surface area (Å²) in [6.45, 7) is 2.58. The molecule has 226 valence electrons. The van der Waals surface area contributed by atoms with Crippen molar-refractivity contribution in [1.82, 2.24) is 9.55 Å². The predicted molar refractivity (Wildman–Crippen MR) is 155 cm³/mol. The number of ketones is 1. The smallest absolute Gasteiger partial charge is 0.304 e. The third-order valence-electron chi connectivity index (χ3n) is 6.29. The number of fused-ring (bicyclic) bond motifs is 1. The van der Waals surface area contributed by atoms with Crippen LogP contribution >= 0.6 is 11.6 Å². The van der Waals surface area contributed by atoms with E-state index in [-0.39, 0.29) is 29.7 Å². The molecule has 0 atom stereocenters. The van der Waals surface area contributed by atoms with E-state index in [9.17, 15) is 22.8 Å². The van der Waals surface area contributed by atoms with Gasteiger partial charge in [-0.05, 0) is 42.3 Å². The van der Waals surface area contributed by atoms with Crippen LogP contribution in [0.4, 0.5) is 14.5 Å². The molecule has 0 saturated heterocycles. The van der Waals surface area contributed by atoms with E-state index in [1.807, 2.05) is 0 Å². The zero-order chi connectivity index (χ0) is 31.5.